The summed E-state index contributed by atoms with van der Waals surface area (Å²) < 4.78 is 22.7. The first-order valence-electron chi connectivity index (χ1n) is 5.96. The molecule has 0 aliphatic carbocycles. The maximum atomic E-state index is 11.4. The number of hydrogen-bond acceptors (Lipinski definition) is 3. The highest BCUT2D eigenvalue weighted by molar-refractivity contribution is 7.91. The third-order valence-corrected chi connectivity index (χ3v) is 5.12. The lowest BCUT2D eigenvalue weighted by molar-refractivity contribution is 0.371. The van der Waals surface area contributed by atoms with Crippen LogP contribution in [0.2, 0.25) is 0 Å². The first kappa shape index (κ1) is 13.0. The Bertz CT molecular complexity index is 274. The molecule has 1 heterocycles. The standard InChI is InChI=1S/C11H23NO2S/c1-3-4-5-6-11(12-2)10-7-8-15(13,14)9-10/h10-12H,3-9H2,1-2H3. The summed E-state index contributed by atoms with van der Waals surface area (Å²) in [5, 5.41) is 3.28. The van der Waals surface area contributed by atoms with Crippen molar-refractivity contribution < 1.29 is 8.42 Å². The van der Waals surface area contributed by atoms with Crippen molar-refractivity contribution in [1.82, 2.24) is 5.32 Å². The molecule has 0 saturated carbocycles. The van der Waals surface area contributed by atoms with Gasteiger partial charge in [0, 0.05) is 6.04 Å². The fourth-order valence-corrected chi connectivity index (χ4v) is 4.25. The van der Waals surface area contributed by atoms with Crippen LogP contribution in [0.1, 0.15) is 39.0 Å². The Morgan fingerprint density at radius 2 is 2.13 bits per heavy atom. The molecule has 1 aliphatic heterocycles. The zero-order valence-corrected chi connectivity index (χ0v) is 10.6. The molecule has 0 radical (unpaired) electrons. The van der Waals surface area contributed by atoms with Crippen molar-refractivity contribution in [2.24, 2.45) is 5.92 Å². The van der Waals surface area contributed by atoms with Gasteiger partial charge in [-0.15, -0.1) is 0 Å². The summed E-state index contributed by atoms with van der Waals surface area (Å²) in [5.41, 5.74) is 0. The largest absolute Gasteiger partial charge is 0.317 e. The molecule has 1 rings (SSSR count). The van der Waals surface area contributed by atoms with E-state index in [1.54, 1.807) is 0 Å². The highest BCUT2D eigenvalue weighted by Gasteiger charge is 2.32. The molecule has 15 heavy (non-hydrogen) atoms. The van der Waals surface area contributed by atoms with Crippen molar-refractivity contribution in [2.75, 3.05) is 18.6 Å². The first-order valence-corrected chi connectivity index (χ1v) is 7.79. The van der Waals surface area contributed by atoms with Crippen molar-refractivity contribution in [3.63, 3.8) is 0 Å². The second kappa shape index (κ2) is 5.85. The van der Waals surface area contributed by atoms with E-state index < -0.39 is 9.84 Å². The van der Waals surface area contributed by atoms with Crippen LogP contribution in [0, 0.1) is 5.92 Å². The van der Waals surface area contributed by atoms with E-state index in [0.717, 1.165) is 12.8 Å². The van der Waals surface area contributed by atoms with Gasteiger partial charge in [-0.25, -0.2) is 8.42 Å². The molecule has 0 bridgehead atoms. The van der Waals surface area contributed by atoms with Crippen LogP contribution in [0.15, 0.2) is 0 Å². The van der Waals surface area contributed by atoms with Crippen LogP contribution in [0.25, 0.3) is 0 Å². The average molecular weight is 233 g/mol. The van der Waals surface area contributed by atoms with E-state index in [9.17, 15) is 8.42 Å². The van der Waals surface area contributed by atoms with Crippen LogP contribution in [-0.2, 0) is 9.84 Å². The topological polar surface area (TPSA) is 46.2 Å². The van der Waals surface area contributed by atoms with Crippen molar-refractivity contribution in [2.45, 2.75) is 45.1 Å². The molecule has 2 unspecified atom stereocenters. The molecule has 0 spiro atoms. The minimum absolute atomic E-state index is 0.344. The molecule has 1 saturated heterocycles. The van der Waals surface area contributed by atoms with Crippen molar-refractivity contribution >= 4 is 9.84 Å². The summed E-state index contributed by atoms with van der Waals surface area (Å²) in [5.74, 6) is 1.13. The van der Waals surface area contributed by atoms with E-state index in [1.165, 1.54) is 19.3 Å². The Balaban J connectivity index is 2.39. The van der Waals surface area contributed by atoms with Crippen molar-refractivity contribution in [1.29, 1.82) is 0 Å². The molecule has 0 aromatic rings. The molecule has 90 valence electrons. The van der Waals surface area contributed by atoms with Gasteiger partial charge in [0.05, 0.1) is 11.5 Å². The van der Waals surface area contributed by atoms with Gasteiger partial charge in [0.2, 0.25) is 0 Å². The number of rotatable bonds is 6. The van der Waals surface area contributed by atoms with Gasteiger partial charge in [-0.3, -0.25) is 0 Å². The van der Waals surface area contributed by atoms with Crippen LogP contribution < -0.4 is 5.32 Å². The maximum absolute atomic E-state index is 11.4. The maximum Gasteiger partial charge on any atom is 0.150 e. The minimum Gasteiger partial charge on any atom is -0.317 e. The smallest absolute Gasteiger partial charge is 0.150 e. The zero-order chi connectivity index (χ0) is 11.3. The molecular formula is C11H23NO2S. The monoisotopic (exact) mass is 233 g/mol. The lowest BCUT2D eigenvalue weighted by Gasteiger charge is -2.21. The third kappa shape index (κ3) is 4.11. The summed E-state index contributed by atoms with van der Waals surface area (Å²) >= 11 is 0. The van der Waals surface area contributed by atoms with Gasteiger partial charge in [-0.05, 0) is 25.8 Å². The van der Waals surface area contributed by atoms with Gasteiger partial charge >= 0.3 is 0 Å². The molecule has 1 fully saturated rings. The lowest BCUT2D eigenvalue weighted by atomic mass is 9.94. The van der Waals surface area contributed by atoms with E-state index in [2.05, 4.69) is 12.2 Å². The zero-order valence-electron chi connectivity index (χ0n) is 9.83. The number of nitrogens with one attached hydrogen (secondary N) is 1. The van der Waals surface area contributed by atoms with Crippen LogP contribution in [0.4, 0.5) is 0 Å². The minimum atomic E-state index is -2.72. The van der Waals surface area contributed by atoms with E-state index >= 15 is 0 Å². The number of hydrogen-bond donors (Lipinski definition) is 1. The van der Waals surface area contributed by atoms with E-state index in [-0.39, 0.29) is 0 Å². The Labute approximate surface area is 93.6 Å². The van der Waals surface area contributed by atoms with Crippen LogP contribution in [0.3, 0.4) is 0 Å². The average Bonchev–Trinajstić information content (AvgIpc) is 2.54. The van der Waals surface area contributed by atoms with Crippen LogP contribution in [-0.4, -0.2) is 33.0 Å². The van der Waals surface area contributed by atoms with Gasteiger partial charge in [-0.1, -0.05) is 26.2 Å². The highest BCUT2D eigenvalue weighted by atomic mass is 32.2. The van der Waals surface area contributed by atoms with Crippen LogP contribution >= 0.6 is 0 Å². The van der Waals surface area contributed by atoms with Gasteiger partial charge in [0.25, 0.3) is 0 Å². The number of unbranched alkanes of at least 4 members (excludes halogenated alkanes) is 2. The summed E-state index contributed by atoms with van der Waals surface area (Å²) in [7, 11) is -0.775. The van der Waals surface area contributed by atoms with Gasteiger partial charge in [0.15, 0.2) is 9.84 Å². The molecule has 1 N–H and O–H groups in total. The molecule has 0 aromatic carbocycles. The first-order chi connectivity index (χ1) is 7.09. The second-order valence-corrected chi connectivity index (χ2v) is 6.78. The molecule has 0 amide bonds. The fraction of sp³-hybridized carbons (Fsp3) is 1.00. The quantitative estimate of drug-likeness (QED) is 0.709. The third-order valence-electron chi connectivity index (χ3n) is 3.33. The van der Waals surface area contributed by atoms with Crippen LogP contribution in [0.5, 0.6) is 0 Å². The summed E-state index contributed by atoms with van der Waals surface area (Å²) in [6.45, 7) is 2.19. The summed E-state index contributed by atoms with van der Waals surface area (Å²) in [6, 6.07) is 0.397. The second-order valence-electron chi connectivity index (χ2n) is 4.55. The SMILES string of the molecule is CCCCCC(NC)C1CCS(=O)(=O)C1. The van der Waals surface area contributed by atoms with Gasteiger partial charge in [0.1, 0.15) is 0 Å². The Hall–Kier alpha value is -0.0900. The predicted molar refractivity (Wildman–Crippen MR) is 63.8 cm³/mol. The van der Waals surface area contributed by atoms with Crippen molar-refractivity contribution in [3.05, 3.63) is 0 Å². The van der Waals surface area contributed by atoms with Gasteiger partial charge in [-0.2, -0.15) is 0 Å². The molecule has 2 atom stereocenters. The van der Waals surface area contributed by atoms with E-state index in [0.29, 0.717) is 23.5 Å². The molecule has 4 heteroatoms. The predicted octanol–water partition coefficient (Wildman–Crippen LogP) is 1.59. The Morgan fingerprint density at radius 1 is 1.40 bits per heavy atom. The number of sulfone groups is 1. The summed E-state index contributed by atoms with van der Waals surface area (Å²) in [6.07, 6.45) is 5.64. The van der Waals surface area contributed by atoms with E-state index in [1.807, 2.05) is 7.05 Å². The summed E-state index contributed by atoms with van der Waals surface area (Å²) in [4.78, 5) is 0. The van der Waals surface area contributed by atoms with Crippen molar-refractivity contribution in [3.8, 4) is 0 Å². The fourth-order valence-electron chi connectivity index (χ4n) is 2.37. The molecule has 0 aromatic heterocycles. The molecular weight excluding hydrogens is 210 g/mol. The Morgan fingerprint density at radius 3 is 2.60 bits per heavy atom. The van der Waals surface area contributed by atoms with E-state index in [4.69, 9.17) is 0 Å². The van der Waals surface area contributed by atoms with Gasteiger partial charge < -0.3 is 5.32 Å². The Kier molecular flexibility index (Phi) is 5.06. The highest BCUT2D eigenvalue weighted by Crippen LogP contribution is 2.24. The molecule has 3 nitrogen and oxygen atoms in total. The lowest BCUT2D eigenvalue weighted by Crippen LogP contribution is -2.34. The molecule has 1 aliphatic rings. The normalized spacial score (nSPS) is 26.7.